The minimum absolute atomic E-state index is 0.166. The van der Waals surface area contributed by atoms with Crippen molar-refractivity contribution in [1.29, 1.82) is 0 Å². The lowest BCUT2D eigenvalue weighted by Crippen LogP contribution is -2.14. The van der Waals surface area contributed by atoms with Crippen molar-refractivity contribution < 1.29 is 0 Å². The summed E-state index contributed by atoms with van der Waals surface area (Å²) in [6.45, 7) is 20.0. The average Bonchev–Trinajstić information content (AvgIpc) is 2.82. The third-order valence-corrected chi connectivity index (χ3v) is 4.51. The summed E-state index contributed by atoms with van der Waals surface area (Å²) in [5, 5.41) is 0. The summed E-state index contributed by atoms with van der Waals surface area (Å²) in [6, 6.07) is 0. The molecule has 1 aliphatic rings. The van der Waals surface area contributed by atoms with E-state index in [1.807, 2.05) is 0 Å². The van der Waals surface area contributed by atoms with E-state index in [9.17, 15) is 0 Å². The van der Waals surface area contributed by atoms with Gasteiger partial charge in [-0.15, -0.1) is 0 Å². The van der Waals surface area contributed by atoms with E-state index in [4.69, 9.17) is 0 Å². The molecule has 0 unspecified atom stereocenters. The van der Waals surface area contributed by atoms with Crippen LogP contribution >= 0.6 is 0 Å². The second-order valence-corrected chi connectivity index (χ2v) is 7.47. The van der Waals surface area contributed by atoms with Gasteiger partial charge >= 0.3 is 0 Å². The molecule has 0 aromatic rings. The minimum Gasteiger partial charge on any atom is -0.0958 e. The Labute approximate surface area is 138 Å². The number of hydrogen-bond donors (Lipinski definition) is 0. The van der Waals surface area contributed by atoms with Gasteiger partial charge in [0, 0.05) is 0 Å². The molecule has 0 bridgehead atoms. The van der Waals surface area contributed by atoms with Gasteiger partial charge in [-0.05, 0) is 74.2 Å². The summed E-state index contributed by atoms with van der Waals surface area (Å²) in [6.07, 6.45) is 11.4. The first-order valence-electron chi connectivity index (χ1n) is 8.65. The van der Waals surface area contributed by atoms with E-state index in [1.54, 1.807) is 11.1 Å². The smallest absolute Gasteiger partial charge is 0.0126 e. The summed E-state index contributed by atoms with van der Waals surface area (Å²) in [4.78, 5) is 0. The highest BCUT2D eigenvalue weighted by atomic mass is 14.3. The second kappa shape index (κ2) is 7.81. The van der Waals surface area contributed by atoms with E-state index >= 15 is 0 Å². The van der Waals surface area contributed by atoms with Gasteiger partial charge in [-0.3, -0.25) is 0 Å². The predicted octanol–water partition coefficient (Wildman–Crippen LogP) is 7.32. The Hall–Kier alpha value is -1.30. The Balaban J connectivity index is 3.53. The van der Waals surface area contributed by atoms with Crippen LogP contribution < -0.4 is 0 Å². The van der Waals surface area contributed by atoms with E-state index in [-0.39, 0.29) is 5.41 Å². The van der Waals surface area contributed by atoms with Crippen molar-refractivity contribution in [3.8, 4) is 0 Å². The first-order valence-corrected chi connectivity index (χ1v) is 8.65. The fraction of sp³-hybridized carbons (Fsp3) is 0.545. The van der Waals surface area contributed by atoms with Crippen LogP contribution in [0.1, 0.15) is 74.1 Å². The highest BCUT2D eigenvalue weighted by molar-refractivity contribution is 5.53. The molecule has 1 rings (SSSR count). The maximum Gasteiger partial charge on any atom is -0.0126 e. The van der Waals surface area contributed by atoms with E-state index < -0.39 is 0 Å². The Kier molecular flexibility index (Phi) is 6.66. The maximum atomic E-state index is 4.17. The van der Waals surface area contributed by atoms with Crippen LogP contribution in [-0.2, 0) is 0 Å². The van der Waals surface area contributed by atoms with Gasteiger partial charge in [-0.25, -0.2) is 0 Å². The Morgan fingerprint density at radius 3 is 2.27 bits per heavy atom. The molecule has 0 nitrogen and oxygen atoms in total. The van der Waals surface area contributed by atoms with Gasteiger partial charge < -0.3 is 0 Å². The molecular weight excluding hydrogens is 264 g/mol. The van der Waals surface area contributed by atoms with Crippen LogP contribution in [0.3, 0.4) is 0 Å². The molecular formula is C22H34. The molecule has 0 atom stereocenters. The molecule has 0 spiro atoms. The molecule has 1 aliphatic carbocycles. The fourth-order valence-electron chi connectivity index (χ4n) is 3.40. The zero-order valence-electron chi connectivity index (χ0n) is 15.8. The minimum atomic E-state index is 0.166. The summed E-state index contributed by atoms with van der Waals surface area (Å²) in [7, 11) is 0. The zero-order chi connectivity index (χ0) is 16.9. The molecule has 0 N–H and O–H groups in total. The third kappa shape index (κ3) is 4.60. The maximum absolute atomic E-state index is 4.17. The van der Waals surface area contributed by atoms with Gasteiger partial charge in [0.1, 0.15) is 0 Å². The zero-order valence-corrected chi connectivity index (χ0v) is 15.8. The second-order valence-electron chi connectivity index (χ2n) is 7.47. The fourth-order valence-corrected chi connectivity index (χ4v) is 3.40. The molecule has 0 fully saturated rings. The van der Waals surface area contributed by atoms with Crippen LogP contribution in [-0.4, -0.2) is 0 Å². The topological polar surface area (TPSA) is 0 Å². The van der Waals surface area contributed by atoms with Crippen LogP contribution in [0.5, 0.6) is 0 Å². The molecule has 0 amide bonds. The molecule has 0 saturated heterocycles. The van der Waals surface area contributed by atoms with Gasteiger partial charge in [0.2, 0.25) is 0 Å². The molecule has 0 heteroatoms. The molecule has 0 saturated carbocycles. The lowest BCUT2D eigenvalue weighted by molar-refractivity contribution is 0.503. The van der Waals surface area contributed by atoms with Gasteiger partial charge in [0.15, 0.2) is 0 Å². The highest BCUT2D eigenvalue weighted by Gasteiger charge is 2.27. The quantitative estimate of drug-likeness (QED) is 0.466. The predicted molar refractivity (Wildman–Crippen MR) is 101 cm³/mol. The van der Waals surface area contributed by atoms with Gasteiger partial charge in [-0.1, -0.05) is 63.6 Å². The third-order valence-electron chi connectivity index (χ3n) is 4.51. The van der Waals surface area contributed by atoms with Crippen molar-refractivity contribution in [3.63, 3.8) is 0 Å². The van der Waals surface area contributed by atoms with Crippen molar-refractivity contribution in [2.24, 2.45) is 5.41 Å². The monoisotopic (exact) mass is 298 g/mol. The summed E-state index contributed by atoms with van der Waals surface area (Å²) < 4.78 is 0. The first-order chi connectivity index (χ1) is 10.2. The van der Waals surface area contributed by atoms with Crippen LogP contribution in [0.25, 0.3) is 0 Å². The number of allylic oxidation sites excluding steroid dienone is 9. The van der Waals surface area contributed by atoms with Crippen molar-refractivity contribution in [3.05, 3.63) is 58.2 Å². The normalized spacial score (nSPS) is 18.2. The van der Waals surface area contributed by atoms with Crippen molar-refractivity contribution >= 4 is 0 Å². The van der Waals surface area contributed by atoms with Crippen LogP contribution in [0.15, 0.2) is 58.2 Å². The standard InChI is InChI=1S/C22H34/c1-9-12-19(15-16(3)10-2)18(5)21(22(6,7)8)20-14-11-13-17(20)4/h9,12,15H,3,10-11,13-14H2,1-2,4-8H3/b12-9-,19-15+,21-18-. The first kappa shape index (κ1) is 18.7. The Bertz CT molecular complexity index is 539. The largest absolute Gasteiger partial charge is 0.0958 e. The SMILES string of the molecule is C=C(/C=C(\C=C/C)C(/C)=C(/C1=C(C)CCC1)C(C)(C)C)CC. The molecule has 22 heavy (non-hydrogen) atoms. The van der Waals surface area contributed by atoms with Crippen LogP contribution in [0.4, 0.5) is 0 Å². The van der Waals surface area contributed by atoms with Gasteiger partial charge in [0.05, 0.1) is 0 Å². The Morgan fingerprint density at radius 2 is 1.86 bits per heavy atom. The molecule has 0 heterocycles. The van der Waals surface area contributed by atoms with Crippen LogP contribution in [0.2, 0.25) is 0 Å². The molecule has 0 radical (unpaired) electrons. The molecule has 122 valence electrons. The van der Waals surface area contributed by atoms with Crippen molar-refractivity contribution in [1.82, 2.24) is 0 Å². The van der Waals surface area contributed by atoms with Crippen molar-refractivity contribution in [2.75, 3.05) is 0 Å². The van der Waals surface area contributed by atoms with Gasteiger partial charge in [-0.2, -0.15) is 0 Å². The number of rotatable bonds is 5. The van der Waals surface area contributed by atoms with Gasteiger partial charge in [0.25, 0.3) is 0 Å². The summed E-state index contributed by atoms with van der Waals surface area (Å²) in [5.41, 5.74) is 8.80. The molecule has 0 aromatic heterocycles. The summed E-state index contributed by atoms with van der Waals surface area (Å²) >= 11 is 0. The van der Waals surface area contributed by atoms with E-state index in [2.05, 4.69) is 73.3 Å². The lowest BCUT2D eigenvalue weighted by atomic mass is 9.76. The molecule has 0 aromatic carbocycles. The van der Waals surface area contributed by atoms with E-state index in [0.717, 1.165) is 6.42 Å². The van der Waals surface area contributed by atoms with Crippen LogP contribution in [0, 0.1) is 5.41 Å². The Morgan fingerprint density at radius 1 is 1.23 bits per heavy atom. The van der Waals surface area contributed by atoms with E-state index in [1.165, 1.54) is 41.6 Å². The van der Waals surface area contributed by atoms with E-state index in [0.29, 0.717) is 0 Å². The summed E-state index contributed by atoms with van der Waals surface area (Å²) in [5.74, 6) is 0. The van der Waals surface area contributed by atoms with Crippen molar-refractivity contribution in [2.45, 2.75) is 74.1 Å². The number of hydrogen-bond acceptors (Lipinski definition) is 0. The molecule has 0 aliphatic heterocycles. The average molecular weight is 299 g/mol. The highest BCUT2D eigenvalue weighted by Crippen LogP contribution is 2.43. The lowest BCUT2D eigenvalue weighted by Gasteiger charge is -2.29.